The van der Waals surface area contributed by atoms with E-state index < -0.39 is 0 Å². The average Bonchev–Trinajstić information content (AvgIpc) is 2.47. The molecule has 0 spiro atoms. The minimum absolute atomic E-state index is 0.0448. The highest BCUT2D eigenvalue weighted by Crippen LogP contribution is 2.24. The Bertz CT molecular complexity index is 545. The largest absolute Gasteiger partial charge is 0.310 e. The maximum Gasteiger partial charge on any atom is 0.128 e. The number of rotatable bonds is 6. The Labute approximate surface area is 127 Å². The Balaban J connectivity index is 2.24. The van der Waals surface area contributed by atoms with Crippen molar-refractivity contribution in [2.75, 3.05) is 6.54 Å². The summed E-state index contributed by atoms with van der Waals surface area (Å²) in [6, 6.07) is 8.95. The van der Waals surface area contributed by atoms with Gasteiger partial charge in [-0.3, -0.25) is 4.98 Å². The molecule has 1 aromatic heterocycles. The van der Waals surface area contributed by atoms with Gasteiger partial charge in [0, 0.05) is 28.5 Å². The summed E-state index contributed by atoms with van der Waals surface area (Å²) in [5.41, 5.74) is 1.79. The third-order valence-corrected chi connectivity index (χ3v) is 3.63. The number of nitrogens with zero attached hydrogens (tertiary/aromatic N) is 1. The topological polar surface area (TPSA) is 24.9 Å². The van der Waals surface area contributed by atoms with E-state index in [1.807, 2.05) is 24.4 Å². The number of benzene rings is 1. The Morgan fingerprint density at radius 2 is 2.20 bits per heavy atom. The molecule has 0 fully saturated rings. The fourth-order valence-corrected chi connectivity index (χ4v) is 2.53. The van der Waals surface area contributed by atoms with Crippen LogP contribution in [0.4, 0.5) is 4.39 Å². The molecule has 20 heavy (non-hydrogen) atoms. The zero-order valence-electron chi connectivity index (χ0n) is 11.4. The van der Waals surface area contributed by atoms with Gasteiger partial charge in [-0.1, -0.05) is 28.9 Å². The molecule has 106 valence electrons. The molecule has 0 bridgehead atoms. The van der Waals surface area contributed by atoms with Crippen LogP contribution in [0.3, 0.4) is 0 Å². The number of nitrogens with one attached hydrogen (secondary N) is 1. The molecule has 2 rings (SSSR count). The van der Waals surface area contributed by atoms with Gasteiger partial charge in [0.25, 0.3) is 0 Å². The van der Waals surface area contributed by atoms with Crippen LogP contribution in [0.1, 0.15) is 30.5 Å². The second kappa shape index (κ2) is 7.50. The summed E-state index contributed by atoms with van der Waals surface area (Å²) >= 11 is 3.41. The number of hydrogen-bond donors (Lipinski definition) is 1. The first-order chi connectivity index (χ1) is 9.70. The highest BCUT2D eigenvalue weighted by Gasteiger charge is 2.16. The number of pyridine rings is 1. The van der Waals surface area contributed by atoms with Gasteiger partial charge in [-0.25, -0.2) is 4.39 Å². The molecule has 0 amide bonds. The molecule has 1 atom stereocenters. The van der Waals surface area contributed by atoms with E-state index in [9.17, 15) is 4.39 Å². The van der Waals surface area contributed by atoms with E-state index in [1.165, 1.54) is 6.07 Å². The normalized spacial score (nSPS) is 12.3. The van der Waals surface area contributed by atoms with Gasteiger partial charge in [0.15, 0.2) is 0 Å². The SMILES string of the molecule is CCCNC(Cc1cccnc1)c1cc(Br)ccc1F. The first kappa shape index (κ1) is 15.1. The number of halogens is 2. The molecule has 1 heterocycles. The number of aromatic nitrogens is 1. The summed E-state index contributed by atoms with van der Waals surface area (Å²) in [7, 11) is 0. The van der Waals surface area contributed by atoms with E-state index in [4.69, 9.17) is 0 Å². The molecule has 0 aliphatic rings. The Hall–Kier alpha value is -1.26. The van der Waals surface area contributed by atoms with Gasteiger partial charge < -0.3 is 5.32 Å². The zero-order chi connectivity index (χ0) is 14.4. The van der Waals surface area contributed by atoms with Gasteiger partial charge in [-0.05, 0) is 49.2 Å². The van der Waals surface area contributed by atoms with Crippen LogP contribution in [0.5, 0.6) is 0 Å². The van der Waals surface area contributed by atoms with Crippen LogP contribution in [0, 0.1) is 5.82 Å². The van der Waals surface area contributed by atoms with Crippen molar-refractivity contribution >= 4 is 15.9 Å². The highest BCUT2D eigenvalue weighted by atomic mass is 79.9. The van der Waals surface area contributed by atoms with Crippen molar-refractivity contribution in [1.82, 2.24) is 10.3 Å². The molecule has 0 radical (unpaired) electrons. The van der Waals surface area contributed by atoms with E-state index in [0.29, 0.717) is 5.56 Å². The Kier molecular flexibility index (Phi) is 5.68. The van der Waals surface area contributed by atoms with E-state index in [2.05, 4.69) is 33.2 Å². The van der Waals surface area contributed by atoms with Crippen molar-refractivity contribution in [2.24, 2.45) is 0 Å². The molecule has 1 unspecified atom stereocenters. The lowest BCUT2D eigenvalue weighted by Gasteiger charge is -2.20. The Morgan fingerprint density at radius 1 is 1.35 bits per heavy atom. The quantitative estimate of drug-likeness (QED) is 0.852. The fraction of sp³-hybridized carbons (Fsp3) is 0.312. The summed E-state index contributed by atoms with van der Waals surface area (Å²) in [5, 5.41) is 3.41. The third kappa shape index (κ3) is 4.12. The number of hydrogen-bond acceptors (Lipinski definition) is 2. The van der Waals surface area contributed by atoms with Gasteiger partial charge in [0.2, 0.25) is 0 Å². The van der Waals surface area contributed by atoms with Gasteiger partial charge in [0.05, 0.1) is 0 Å². The summed E-state index contributed by atoms with van der Waals surface area (Å²) in [4.78, 5) is 4.12. The second-order valence-corrected chi connectivity index (χ2v) is 5.65. The van der Waals surface area contributed by atoms with Crippen LogP contribution in [0.2, 0.25) is 0 Å². The van der Waals surface area contributed by atoms with Crippen molar-refractivity contribution in [3.05, 3.63) is 64.1 Å². The first-order valence-electron chi connectivity index (χ1n) is 6.78. The molecular formula is C16H18BrFN2. The van der Waals surface area contributed by atoms with Crippen molar-refractivity contribution in [3.8, 4) is 0 Å². The van der Waals surface area contributed by atoms with Crippen molar-refractivity contribution in [2.45, 2.75) is 25.8 Å². The molecule has 2 nitrogen and oxygen atoms in total. The van der Waals surface area contributed by atoms with Gasteiger partial charge in [0.1, 0.15) is 5.82 Å². The molecular weight excluding hydrogens is 319 g/mol. The van der Waals surface area contributed by atoms with Crippen LogP contribution >= 0.6 is 15.9 Å². The highest BCUT2D eigenvalue weighted by molar-refractivity contribution is 9.10. The second-order valence-electron chi connectivity index (χ2n) is 4.74. The maximum absolute atomic E-state index is 14.1. The van der Waals surface area contributed by atoms with Gasteiger partial charge in [-0.15, -0.1) is 0 Å². The summed E-state index contributed by atoms with van der Waals surface area (Å²) in [5.74, 6) is -0.175. The Morgan fingerprint density at radius 3 is 2.90 bits per heavy atom. The summed E-state index contributed by atoms with van der Waals surface area (Å²) in [6.07, 6.45) is 5.31. The molecule has 0 saturated carbocycles. The first-order valence-corrected chi connectivity index (χ1v) is 7.57. The van der Waals surface area contributed by atoms with Crippen LogP contribution in [0.25, 0.3) is 0 Å². The van der Waals surface area contributed by atoms with Crippen molar-refractivity contribution in [1.29, 1.82) is 0 Å². The van der Waals surface area contributed by atoms with E-state index >= 15 is 0 Å². The lowest BCUT2D eigenvalue weighted by molar-refractivity contribution is 0.496. The lowest BCUT2D eigenvalue weighted by Crippen LogP contribution is -2.25. The minimum atomic E-state index is -0.175. The van der Waals surface area contributed by atoms with Gasteiger partial charge >= 0.3 is 0 Å². The van der Waals surface area contributed by atoms with Crippen LogP contribution in [0.15, 0.2) is 47.2 Å². The summed E-state index contributed by atoms with van der Waals surface area (Å²) in [6.45, 7) is 2.96. The molecule has 1 N–H and O–H groups in total. The van der Waals surface area contributed by atoms with Crippen molar-refractivity contribution in [3.63, 3.8) is 0 Å². The predicted octanol–water partition coefficient (Wildman–Crippen LogP) is 4.27. The monoisotopic (exact) mass is 336 g/mol. The molecule has 0 saturated heterocycles. The molecule has 1 aromatic carbocycles. The van der Waals surface area contributed by atoms with Crippen LogP contribution < -0.4 is 5.32 Å². The lowest BCUT2D eigenvalue weighted by atomic mass is 9.99. The minimum Gasteiger partial charge on any atom is -0.310 e. The predicted molar refractivity (Wildman–Crippen MR) is 83.1 cm³/mol. The maximum atomic E-state index is 14.1. The smallest absolute Gasteiger partial charge is 0.128 e. The average molecular weight is 337 g/mol. The standard InChI is InChI=1S/C16H18BrFN2/c1-2-7-20-16(9-12-4-3-8-19-11-12)14-10-13(17)5-6-15(14)18/h3-6,8,10-11,16,20H,2,7,9H2,1H3. The molecule has 2 aromatic rings. The van der Waals surface area contributed by atoms with E-state index in [1.54, 1.807) is 12.3 Å². The molecule has 0 aliphatic carbocycles. The van der Waals surface area contributed by atoms with Crippen LogP contribution in [-0.4, -0.2) is 11.5 Å². The van der Waals surface area contributed by atoms with Gasteiger partial charge in [-0.2, -0.15) is 0 Å². The van der Waals surface area contributed by atoms with Crippen LogP contribution in [-0.2, 0) is 6.42 Å². The van der Waals surface area contributed by atoms with E-state index in [0.717, 1.165) is 29.4 Å². The zero-order valence-corrected chi connectivity index (χ0v) is 13.0. The summed E-state index contributed by atoms with van der Waals surface area (Å²) < 4.78 is 15.0. The fourth-order valence-electron chi connectivity index (χ4n) is 2.15. The van der Waals surface area contributed by atoms with E-state index in [-0.39, 0.29) is 11.9 Å². The van der Waals surface area contributed by atoms with Crippen molar-refractivity contribution < 1.29 is 4.39 Å². The molecule has 0 aliphatic heterocycles. The third-order valence-electron chi connectivity index (χ3n) is 3.14. The molecule has 4 heteroatoms.